The minimum Gasteiger partial charge on any atom is -0.483 e. The Morgan fingerprint density at radius 3 is 2.19 bits per heavy atom. The van der Waals surface area contributed by atoms with Crippen molar-refractivity contribution in [1.29, 1.82) is 0 Å². The highest BCUT2D eigenvalue weighted by molar-refractivity contribution is 7.99. The van der Waals surface area contributed by atoms with Gasteiger partial charge in [-0.25, -0.2) is 16.8 Å². The monoisotopic (exact) mass is 1030 g/mol. The molecule has 0 spiro atoms. The summed E-state index contributed by atoms with van der Waals surface area (Å²) in [4.78, 5) is 25.0. The lowest BCUT2D eigenvalue weighted by Gasteiger charge is -2.36. The lowest BCUT2D eigenvalue weighted by Crippen LogP contribution is -2.48. The Bertz CT molecular complexity index is 2710. The van der Waals surface area contributed by atoms with Crippen LogP contribution in [0.15, 0.2) is 136 Å². The minimum atomic E-state index is -6.02. The molecule has 7 rings (SSSR count). The number of hydrogen-bond acceptors (Lipinski definition) is 12. The van der Waals surface area contributed by atoms with E-state index in [2.05, 4.69) is 4.90 Å². The maximum atomic E-state index is 14.3. The summed E-state index contributed by atoms with van der Waals surface area (Å²) >= 11 is 7.57. The number of carbonyl (C=O) groups is 2. The Labute approximate surface area is 409 Å². The number of alkyl halides is 3. The van der Waals surface area contributed by atoms with Crippen molar-refractivity contribution in [2.45, 2.75) is 58.0 Å². The van der Waals surface area contributed by atoms with Gasteiger partial charge in [0.05, 0.1) is 41.8 Å². The van der Waals surface area contributed by atoms with Crippen LogP contribution in [-0.4, -0.2) is 118 Å². The van der Waals surface area contributed by atoms with Crippen LogP contribution in [0.5, 0.6) is 0 Å². The fraction of sp³-hybridized carbons (Fsp3) is 0.360. The third-order valence-corrected chi connectivity index (χ3v) is 17.1. The van der Waals surface area contributed by atoms with Crippen molar-refractivity contribution in [1.82, 2.24) is 4.90 Å². The molecule has 19 heteroatoms. The molecule has 2 heterocycles. The highest BCUT2D eigenvalue weighted by Crippen LogP contribution is 2.39. The van der Waals surface area contributed by atoms with Gasteiger partial charge in [-0.1, -0.05) is 72.3 Å². The van der Waals surface area contributed by atoms with Gasteiger partial charge in [-0.05, 0) is 127 Å². The minimum absolute atomic E-state index is 0.0117. The smallest absolute Gasteiger partial charge is 0.483 e. The van der Waals surface area contributed by atoms with E-state index in [0.717, 1.165) is 39.4 Å². The zero-order valence-electron chi connectivity index (χ0n) is 37.5. The Balaban J connectivity index is 0.00000254. The number of anilines is 1. The van der Waals surface area contributed by atoms with E-state index in [-0.39, 0.29) is 48.5 Å². The van der Waals surface area contributed by atoms with E-state index in [0.29, 0.717) is 75.5 Å². The molecule has 0 saturated carbocycles. The molecule has 0 aromatic heterocycles. The summed E-state index contributed by atoms with van der Waals surface area (Å²) in [6.45, 7) is 2.64. The average Bonchev–Trinajstić information content (AvgIpc) is 3.35. The molecule has 370 valence electrons. The highest BCUT2D eigenvalue weighted by atomic mass is 35.5. The Hall–Kier alpha value is -4.79. The second-order valence-electron chi connectivity index (χ2n) is 16.8. The van der Waals surface area contributed by atoms with Crippen molar-refractivity contribution in [3.63, 3.8) is 0 Å². The van der Waals surface area contributed by atoms with Gasteiger partial charge < -0.3 is 25.0 Å². The van der Waals surface area contributed by atoms with Gasteiger partial charge in [-0.3, -0.25) is 14.5 Å². The fourth-order valence-electron chi connectivity index (χ4n) is 8.63. The van der Waals surface area contributed by atoms with Crippen LogP contribution in [0, 0.1) is 11.8 Å². The van der Waals surface area contributed by atoms with Gasteiger partial charge >= 0.3 is 5.51 Å². The van der Waals surface area contributed by atoms with Crippen LogP contribution in [-0.2, 0) is 35.6 Å². The molecule has 0 aliphatic carbocycles. The van der Waals surface area contributed by atoms with E-state index in [1.54, 1.807) is 12.1 Å². The van der Waals surface area contributed by atoms with Gasteiger partial charge in [0.25, 0.3) is 16.3 Å². The SMILES string of the molecule is O=C(CS(=O)(=O)c1ccc(C[C@H](CCN2CCOC[C@H]2CO)CSc2ccccc2)c(S(=O)(=O)C(F)(F)F)c1)c1ccc(N2CCC([C@@H](O)c3ccccc3-c3ccc(Cl)cc3)CC2)cc1.O=CO. The van der Waals surface area contributed by atoms with E-state index >= 15 is 0 Å². The molecule has 2 aliphatic heterocycles. The number of thioether (sulfide) groups is 1. The van der Waals surface area contributed by atoms with Crippen LogP contribution in [0.4, 0.5) is 18.9 Å². The van der Waals surface area contributed by atoms with Crippen molar-refractivity contribution < 1.29 is 59.7 Å². The molecule has 0 unspecified atom stereocenters. The summed E-state index contributed by atoms with van der Waals surface area (Å²) in [5.74, 6) is -1.86. The molecule has 5 aromatic rings. The molecule has 3 atom stereocenters. The van der Waals surface area contributed by atoms with Crippen molar-refractivity contribution >= 4 is 61.0 Å². The normalized spacial score (nSPS) is 17.1. The molecule has 5 aromatic carbocycles. The quantitative estimate of drug-likeness (QED) is 0.0432. The standard InChI is InChI=1S/C49H52ClF3N2O8S3.CH2O2/c50-39-15-10-35(11-16-39)44-8-4-5-9-45(44)48(58)37-21-24-54(25-22-37)40-17-12-36(13-18-40)46(57)33-65(59,60)43-19-14-38(47(29-43)66(61,62)49(51,52)53)28-34(32-64-42-6-2-1-3-7-42)20-23-55-26-27-63-31-41(55)30-56;2-1-3/h1-19,29,34,37,41,48,56,58H,20-28,30-33H2;1H,(H,2,3)/t34-,41+,48+;/m0./s1. The molecule has 2 saturated heterocycles. The second kappa shape index (κ2) is 24.4. The largest absolute Gasteiger partial charge is 0.501 e. The number of halogens is 4. The number of morpholine rings is 1. The van der Waals surface area contributed by atoms with Crippen molar-refractivity contribution in [3.05, 3.63) is 143 Å². The third-order valence-electron chi connectivity index (χ3n) is 12.4. The number of Topliss-reactive ketones (excluding diaryl/α,β-unsaturated/α-hetero) is 1. The Kier molecular flexibility index (Phi) is 18.9. The van der Waals surface area contributed by atoms with Crippen molar-refractivity contribution in [2.24, 2.45) is 11.8 Å². The lowest BCUT2D eigenvalue weighted by atomic mass is 9.84. The first kappa shape index (κ1) is 53.6. The second-order valence-corrected chi connectivity index (χ2v) is 22.3. The van der Waals surface area contributed by atoms with Crippen molar-refractivity contribution in [3.8, 4) is 11.1 Å². The van der Waals surface area contributed by atoms with Crippen LogP contribution in [0.2, 0.25) is 5.02 Å². The van der Waals surface area contributed by atoms with E-state index in [1.807, 2.05) is 83.8 Å². The molecule has 69 heavy (non-hydrogen) atoms. The number of carbonyl (C=O) groups excluding carboxylic acids is 1. The van der Waals surface area contributed by atoms with E-state index in [4.69, 9.17) is 26.2 Å². The number of aliphatic hydroxyl groups is 2. The van der Waals surface area contributed by atoms with Crippen LogP contribution >= 0.6 is 23.4 Å². The molecule has 0 bridgehead atoms. The van der Waals surface area contributed by atoms with Gasteiger partial charge in [0, 0.05) is 46.6 Å². The third kappa shape index (κ3) is 14.0. The van der Waals surface area contributed by atoms with Crippen LogP contribution in [0.3, 0.4) is 0 Å². The molecular weight excluding hydrogens is 977 g/mol. The molecule has 3 N–H and O–H groups in total. The number of rotatable bonds is 18. The topological polar surface area (TPSA) is 179 Å². The summed E-state index contributed by atoms with van der Waals surface area (Å²) in [5, 5.41) is 28.9. The predicted octanol–water partition coefficient (Wildman–Crippen LogP) is 8.64. The van der Waals surface area contributed by atoms with Gasteiger partial charge in [0.1, 0.15) is 5.75 Å². The molecule has 2 fully saturated rings. The number of hydrogen-bond donors (Lipinski definition) is 3. The zero-order valence-corrected chi connectivity index (χ0v) is 40.7. The Morgan fingerprint density at radius 2 is 1.54 bits per heavy atom. The number of sulfone groups is 2. The molecular formula is C50H54ClF3N2O10S3. The lowest BCUT2D eigenvalue weighted by molar-refractivity contribution is -0.122. The average molecular weight is 1030 g/mol. The number of benzene rings is 5. The first-order chi connectivity index (χ1) is 32.9. The number of carboxylic acid groups (broad SMARTS) is 1. The number of nitrogens with zero attached hydrogens (tertiary/aromatic N) is 2. The summed E-state index contributed by atoms with van der Waals surface area (Å²) in [7, 11) is -10.6. The van der Waals surface area contributed by atoms with Gasteiger partial charge in [0.15, 0.2) is 15.6 Å². The summed E-state index contributed by atoms with van der Waals surface area (Å²) in [5.41, 5.74) is -2.34. The highest BCUT2D eigenvalue weighted by Gasteiger charge is 2.48. The van der Waals surface area contributed by atoms with Crippen molar-refractivity contribution in [2.75, 3.05) is 62.4 Å². The van der Waals surface area contributed by atoms with Crippen LogP contribution in [0.25, 0.3) is 11.1 Å². The molecule has 12 nitrogen and oxygen atoms in total. The van der Waals surface area contributed by atoms with E-state index in [1.165, 1.54) is 23.9 Å². The first-order valence-corrected chi connectivity index (χ1v) is 26.7. The number of ether oxygens (including phenoxy) is 1. The Morgan fingerprint density at radius 1 is 0.884 bits per heavy atom. The summed E-state index contributed by atoms with van der Waals surface area (Å²) in [6.07, 6.45) is 1.01. The van der Waals surface area contributed by atoms with E-state index in [9.17, 15) is 45.0 Å². The molecule has 2 aliphatic rings. The summed E-state index contributed by atoms with van der Waals surface area (Å²) < 4.78 is 102. The number of piperidine rings is 1. The van der Waals surface area contributed by atoms with Crippen LogP contribution in [0.1, 0.15) is 46.9 Å². The van der Waals surface area contributed by atoms with Gasteiger partial charge in [-0.2, -0.15) is 13.2 Å². The maximum absolute atomic E-state index is 14.3. The van der Waals surface area contributed by atoms with Gasteiger partial charge in [0.2, 0.25) is 0 Å². The number of ketones is 1. The predicted molar refractivity (Wildman–Crippen MR) is 260 cm³/mol. The number of aliphatic hydroxyl groups excluding tert-OH is 2. The fourth-order valence-corrected chi connectivity index (χ4v) is 12.2. The molecule has 0 amide bonds. The first-order valence-electron chi connectivity index (χ1n) is 22.2. The zero-order chi connectivity index (χ0) is 49.8. The van der Waals surface area contributed by atoms with Gasteiger partial charge in [-0.15, -0.1) is 11.8 Å². The van der Waals surface area contributed by atoms with E-state index < -0.39 is 52.6 Å². The summed E-state index contributed by atoms with van der Waals surface area (Å²) in [6, 6.07) is 33.4. The maximum Gasteiger partial charge on any atom is 0.501 e. The van der Waals surface area contributed by atoms with Crippen LogP contribution < -0.4 is 4.90 Å². The molecule has 0 radical (unpaired) electrons.